The maximum absolute atomic E-state index is 13.2. The Hall–Kier alpha value is -3.13. The minimum Gasteiger partial charge on any atom is -0.467 e. The van der Waals surface area contributed by atoms with E-state index in [2.05, 4.69) is 52.2 Å². The Labute approximate surface area is 193 Å². The fourth-order valence-corrected chi connectivity index (χ4v) is 5.12. The van der Waals surface area contributed by atoms with E-state index >= 15 is 0 Å². The predicted octanol–water partition coefficient (Wildman–Crippen LogP) is 3.75. The largest absolute Gasteiger partial charge is 0.467 e. The van der Waals surface area contributed by atoms with Crippen molar-refractivity contribution < 1.29 is 9.13 Å². The molecule has 4 heterocycles. The number of hydrogen-bond acceptors (Lipinski definition) is 6. The van der Waals surface area contributed by atoms with Crippen molar-refractivity contribution in [3.63, 3.8) is 0 Å². The summed E-state index contributed by atoms with van der Waals surface area (Å²) in [4.78, 5) is 19.7. The van der Waals surface area contributed by atoms with Gasteiger partial charge in [0.05, 0.1) is 19.3 Å². The second-order valence-corrected chi connectivity index (χ2v) is 9.02. The second kappa shape index (κ2) is 8.67. The first-order chi connectivity index (χ1) is 15.9. The van der Waals surface area contributed by atoms with Crippen molar-refractivity contribution in [2.24, 2.45) is 0 Å². The van der Waals surface area contributed by atoms with Gasteiger partial charge in [-0.3, -0.25) is 4.90 Å². The molecule has 2 aliphatic rings. The lowest BCUT2D eigenvalue weighted by atomic mass is 9.99. The van der Waals surface area contributed by atoms with Crippen molar-refractivity contribution in [1.82, 2.24) is 19.9 Å². The van der Waals surface area contributed by atoms with Crippen molar-refractivity contribution in [2.45, 2.75) is 26.8 Å². The maximum Gasteiger partial charge on any atom is 0.318 e. The molecule has 0 atom stereocenters. The van der Waals surface area contributed by atoms with Gasteiger partial charge in [-0.15, -0.1) is 0 Å². The van der Waals surface area contributed by atoms with Crippen LogP contribution in [0.15, 0.2) is 30.7 Å². The van der Waals surface area contributed by atoms with Crippen LogP contribution in [0.4, 0.5) is 15.9 Å². The van der Waals surface area contributed by atoms with E-state index in [4.69, 9.17) is 14.7 Å². The van der Waals surface area contributed by atoms with Crippen LogP contribution in [0.2, 0.25) is 0 Å². The molecule has 1 fully saturated rings. The van der Waals surface area contributed by atoms with Crippen molar-refractivity contribution >= 4 is 22.4 Å². The molecule has 1 saturated heterocycles. The Morgan fingerprint density at radius 3 is 2.67 bits per heavy atom. The summed E-state index contributed by atoms with van der Waals surface area (Å²) < 4.78 is 18.7. The highest BCUT2D eigenvalue weighted by Gasteiger charge is 2.29. The van der Waals surface area contributed by atoms with E-state index in [0.717, 1.165) is 56.2 Å². The molecule has 0 aliphatic carbocycles. The molecule has 3 aromatic rings. The lowest BCUT2D eigenvalue weighted by Gasteiger charge is -2.38. The number of aromatic nitrogens is 3. The van der Waals surface area contributed by atoms with Crippen LogP contribution in [0, 0.1) is 13.8 Å². The van der Waals surface area contributed by atoms with E-state index in [1.807, 2.05) is 6.20 Å². The summed E-state index contributed by atoms with van der Waals surface area (Å²) in [6.45, 7) is 12.8. The molecule has 7 nitrogen and oxygen atoms in total. The molecule has 8 heteroatoms. The van der Waals surface area contributed by atoms with E-state index in [-0.39, 0.29) is 5.83 Å². The molecule has 33 heavy (non-hydrogen) atoms. The SMILES string of the molecule is C=C(F)CN1CCN(c2nc(OC)nc3c2CCN(c2c(C)c(C)cc4[nH]ccc24)C3)CC1. The number of ether oxygens (including phenoxy) is 1. The van der Waals surface area contributed by atoms with Gasteiger partial charge in [0.25, 0.3) is 0 Å². The molecule has 0 amide bonds. The number of aromatic amines is 1. The zero-order valence-corrected chi connectivity index (χ0v) is 19.6. The molecule has 0 bridgehead atoms. The molecule has 2 aromatic heterocycles. The second-order valence-electron chi connectivity index (χ2n) is 9.02. The van der Waals surface area contributed by atoms with Crippen LogP contribution in [0.1, 0.15) is 22.4 Å². The Morgan fingerprint density at radius 1 is 1.15 bits per heavy atom. The number of nitrogens with zero attached hydrogens (tertiary/aromatic N) is 5. The van der Waals surface area contributed by atoms with E-state index in [1.165, 1.54) is 27.8 Å². The minimum absolute atomic E-state index is 0.285. The van der Waals surface area contributed by atoms with Crippen molar-refractivity contribution in [2.75, 3.05) is 56.2 Å². The highest BCUT2D eigenvalue weighted by atomic mass is 19.1. The number of nitrogens with one attached hydrogen (secondary N) is 1. The fourth-order valence-electron chi connectivity index (χ4n) is 5.12. The number of methoxy groups -OCH3 is 1. The Bertz CT molecular complexity index is 1200. The van der Waals surface area contributed by atoms with Crippen molar-refractivity contribution in [3.8, 4) is 6.01 Å². The van der Waals surface area contributed by atoms with Crippen LogP contribution < -0.4 is 14.5 Å². The van der Waals surface area contributed by atoms with Crippen LogP contribution >= 0.6 is 0 Å². The van der Waals surface area contributed by atoms with Gasteiger partial charge in [-0.2, -0.15) is 9.97 Å². The van der Waals surface area contributed by atoms with E-state index in [9.17, 15) is 4.39 Å². The zero-order chi connectivity index (χ0) is 23.1. The maximum atomic E-state index is 13.2. The van der Waals surface area contributed by atoms with Gasteiger partial charge in [0.2, 0.25) is 0 Å². The molecule has 174 valence electrons. The minimum atomic E-state index is -0.285. The monoisotopic (exact) mass is 450 g/mol. The van der Waals surface area contributed by atoms with Crippen molar-refractivity contribution in [3.05, 3.63) is 53.1 Å². The average Bonchev–Trinajstić information content (AvgIpc) is 3.26. The highest BCUT2D eigenvalue weighted by molar-refractivity contribution is 5.95. The summed E-state index contributed by atoms with van der Waals surface area (Å²) in [5, 5.41) is 1.24. The number of anilines is 2. The van der Waals surface area contributed by atoms with Gasteiger partial charge < -0.3 is 19.5 Å². The highest BCUT2D eigenvalue weighted by Crippen LogP contribution is 2.37. The number of benzene rings is 1. The molecular weight excluding hydrogens is 419 g/mol. The number of H-pyrrole nitrogens is 1. The summed E-state index contributed by atoms with van der Waals surface area (Å²) in [5.74, 6) is 0.676. The molecule has 0 saturated carbocycles. The Morgan fingerprint density at radius 2 is 1.94 bits per heavy atom. The predicted molar refractivity (Wildman–Crippen MR) is 130 cm³/mol. The molecule has 0 radical (unpaired) electrons. The molecule has 0 unspecified atom stereocenters. The molecule has 0 spiro atoms. The van der Waals surface area contributed by atoms with Crippen LogP contribution in [0.25, 0.3) is 10.9 Å². The summed E-state index contributed by atoms with van der Waals surface area (Å²) in [7, 11) is 1.62. The zero-order valence-electron chi connectivity index (χ0n) is 19.6. The first-order valence-electron chi connectivity index (χ1n) is 11.5. The summed E-state index contributed by atoms with van der Waals surface area (Å²) in [6.07, 6.45) is 2.88. The average molecular weight is 451 g/mol. The van der Waals surface area contributed by atoms with Crippen LogP contribution in [-0.4, -0.2) is 66.2 Å². The third-order valence-corrected chi connectivity index (χ3v) is 6.93. The number of aryl methyl sites for hydroxylation is 1. The van der Waals surface area contributed by atoms with Crippen LogP contribution in [-0.2, 0) is 13.0 Å². The lowest BCUT2D eigenvalue weighted by molar-refractivity contribution is 0.261. The van der Waals surface area contributed by atoms with Crippen LogP contribution in [0.3, 0.4) is 0 Å². The first-order valence-corrected chi connectivity index (χ1v) is 11.5. The van der Waals surface area contributed by atoms with Crippen molar-refractivity contribution in [1.29, 1.82) is 0 Å². The van der Waals surface area contributed by atoms with Gasteiger partial charge in [-0.05, 0) is 43.5 Å². The molecule has 2 aliphatic heterocycles. The van der Waals surface area contributed by atoms with Gasteiger partial charge in [-0.1, -0.05) is 6.58 Å². The van der Waals surface area contributed by atoms with E-state index in [0.29, 0.717) is 19.1 Å². The molecule has 5 rings (SSSR count). The summed E-state index contributed by atoms with van der Waals surface area (Å²) in [5.41, 5.74) is 7.24. The third-order valence-electron chi connectivity index (χ3n) is 6.93. The van der Waals surface area contributed by atoms with Gasteiger partial charge >= 0.3 is 6.01 Å². The fraction of sp³-hybridized carbons (Fsp3) is 0.440. The van der Waals surface area contributed by atoms with Crippen LogP contribution in [0.5, 0.6) is 6.01 Å². The Balaban J connectivity index is 1.46. The van der Waals surface area contributed by atoms with E-state index in [1.54, 1.807) is 7.11 Å². The number of rotatable bonds is 5. The standard InChI is InChI=1S/C25H31FN6O/c1-16-13-21-19(5-7-27-21)23(18(16)3)32-8-6-20-22(15-32)28-25(33-4)29-24(20)31-11-9-30(10-12-31)14-17(2)26/h5,7,13,27H,2,6,8-12,14-15H2,1,3-4H3. The van der Waals surface area contributed by atoms with Gasteiger partial charge in [0.1, 0.15) is 11.6 Å². The molecular formula is C25H31FN6O. The van der Waals surface area contributed by atoms with Gasteiger partial charge in [-0.25, -0.2) is 4.39 Å². The number of hydrogen-bond donors (Lipinski definition) is 1. The van der Waals surface area contributed by atoms with Gasteiger partial charge in [0, 0.05) is 67.6 Å². The number of halogens is 1. The number of fused-ring (bicyclic) bond motifs is 2. The topological polar surface area (TPSA) is 60.5 Å². The Kier molecular flexibility index (Phi) is 5.70. The smallest absolute Gasteiger partial charge is 0.318 e. The first kappa shape index (κ1) is 21.7. The number of piperazine rings is 1. The quantitative estimate of drug-likeness (QED) is 0.639. The molecule has 1 aromatic carbocycles. The lowest BCUT2D eigenvalue weighted by Crippen LogP contribution is -2.47. The third kappa shape index (κ3) is 4.04. The summed E-state index contributed by atoms with van der Waals surface area (Å²) >= 11 is 0. The normalized spacial score (nSPS) is 16.8. The van der Waals surface area contributed by atoms with E-state index < -0.39 is 0 Å². The molecule has 1 N–H and O–H groups in total. The summed E-state index contributed by atoms with van der Waals surface area (Å²) in [6, 6.07) is 4.77. The van der Waals surface area contributed by atoms with Gasteiger partial charge in [0.15, 0.2) is 0 Å².